The first-order valence-electron chi connectivity index (χ1n) is 6.32. The zero-order chi connectivity index (χ0) is 12.3. The summed E-state index contributed by atoms with van der Waals surface area (Å²) in [5.41, 5.74) is 1.50. The van der Waals surface area contributed by atoms with Crippen molar-refractivity contribution < 1.29 is 9.90 Å². The predicted octanol–water partition coefficient (Wildman–Crippen LogP) is 3.15. The van der Waals surface area contributed by atoms with Crippen LogP contribution in [0.15, 0.2) is 24.3 Å². The van der Waals surface area contributed by atoms with Crippen LogP contribution in [0.25, 0.3) is 0 Å². The highest BCUT2D eigenvalue weighted by Crippen LogP contribution is 2.28. The van der Waals surface area contributed by atoms with Crippen LogP contribution in [-0.2, 0) is 0 Å². The van der Waals surface area contributed by atoms with Gasteiger partial charge >= 0.3 is 5.97 Å². The molecule has 0 heterocycles. The molecule has 0 aliphatic heterocycles. The van der Waals surface area contributed by atoms with Crippen molar-refractivity contribution in [2.75, 3.05) is 11.4 Å². The normalized spacial score (nSPS) is 16.1. The minimum atomic E-state index is -0.861. The Morgan fingerprint density at radius 2 is 1.88 bits per heavy atom. The smallest absolute Gasteiger partial charge is 0.335 e. The molecule has 92 valence electrons. The number of nitrogens with zero attached hydrogens (tertiary/aromatic N) is 1. The summed E-state index contributed by atoms with van der Waals surface area (Å²) < 4.78 is 0. The fourth-order valence-electron chi connectivity index (χ4n) is 2.66. The predicted molar refractivity (Wildman–Crippen MR) is 68.7 cm³/mol. The van der Waals surface area contributed by atoms with Crippen molar-refractivity contribution in [2.45, 2.75) is 38.6 Å². The average Bonchev–Trinajstić information content (AvgIpc) is 2.84. The molecule has 3 heteroatoms. The van der Waals surface area contributed by atoms with E-state index in [1.807, 2.05) is 12.1 Å². The monoisotopic (exact) mass is 233 g/mol. The van der Waals surface area contributed by atoms with Crippen LogP contribution in [0.1, 0.15) is 43.0 Å². The maximum atomic E-state index is 10.8. The lowest BCUT2D eigenvalue weighted by Gasteiger charge is -2.30. The summed E-state index contributed by atoms with van der Waals surface area (Å²) >= 11 is 0. The number of carboxylic acids is 1. The largest absolute Gasteiger partial charge is 0.478 e. The summed E-state index contributed by atoms with van der Waals surface area (Å²) in [5, 5.41) is 8.87. The van der Waals surface area contributed by atoms with E-state index in [1.165, 1.54) is 25.7 Å². The molecule has 0 aromatic heterocycles. The number of benzene rings is 1. The second kappa shape index (κ2) is 5.21. The van der Waals surface area contributed by atoms with E-state index < -0.39 is 5.97 Å². The van der Waals surface area contributed by atoms with E-state index in [-0.39, 0.29) is 0 Å². The van der Waals surface area contributed by atoms with Gasteiger partial charge in [0.05, 0.1) is 5.56 Å². The van der Waals surface area contributed by atoms with Crippen molar-refractivity contribution in [1.29, 1.82) is 0 Å². The van der Waals surface area contributed by atoms with Gasteiger partial charge in [-0.3, -0.25) is 0 Å². The molecule has 1 saturated carbocycles. The zero-order valence-electron chi connectivity index (χ0n) is 10.2. The van der Waals surface area contributed by atoms with Crippen LogP contribution in [0, 0.1) is 0 Å². The Labute approximate surface area is 102 Å². The van der Waals surface area contributed by atoms with Gasteiger partial charge in [0, 0.05) is 18.3 Å². The molecular weight excluding hydrogens is 214 g/mol. The number of carbonyl (C=O) groups is 1. The molecule has 0 radical (unpaired) electrons. The highest BCUT2D eigenvalue weighted by Gasteiger charge is 2.21. The molecule has 2 rings (SSSR count). The molecule has 1 aromatic carbocycles. The van der Waals surface area contributed by atoms with Crippen molar-refractivity contribution in [3.8, 4) is 0 Å². The first-order valence-corrected chi connectivity index (χ1v) is 6.32. The van der Waals surface area contributed by atoms with Gasteiger partial charge in [0.15, 0.2) is 0 Å². The topological polar surface area (TPSA) is 40.5 Å². The molecular formula is C14H19NO2. The first kappa shape index (κ1) is 12.0. The van der Waals surface area contributed by atoms with Crippen LogP contribution in [-0.4, -0.2) is 23.7 Å². The quantitative estimate of drug-likeness (QED) is 0.868. The third kappa shape index (κ3) is 2.60. The molecule has 0 amide bonds. The lowest BCUT2D eigenvalue weighted by molar-refractivity contribution is 0.0697. The van der Waals surface area contributed by atoms with Gasteiger partial charge in [-0.05, 0) is 44.0 Å². The van der Waals surface area contributed by atoms with Crippen LogP contribution in [0.3, 0.4) is 0 Å². The standard InChI is InChI=1S/C14H19NO2/c1-2-15(12-5-3-4-6-12)13-9-7-11(8-10-13)14(16)17/h7-10,12H,2-6H2,1H3,(H,16,17). The highest BCUT2D eigenvalue weighted by molar-refractivity contribution is 5.88. The van der Waals surface area contributed by atoms with Gasteiger partial charge in [0.25, 0.3) is 0 Å². The fraction of sp³-hybridized carbons (Fsp3) is 0.500. The third-order valence-corrected chi connectivity index (χ3v) is 3.55. The molecule has 0 saturated heterocycles. The van der Waals surface area contributed by atoms with E-state index in [4.69, 9.17) is 5.11 Å². The van der Waals surface area contributed by atoms with Gasteiger partial charge in [-0.15, -0.1) is 0 Å². The second-order valence-corrected chi connectivity index (χ2v) is 4.58. The van der Waals surface area contributed by atoms with Crippen molar-refractivity contribution in [2.24, 2.45) is 0 Å². The van der Waals surface area contributed by atoms with Gasteiger partial charge in [0.1, 0.15) is 0 Å². The van der Waals surface area contributed by atoms with Gasteiger partial charge in [0.2, 0.25) is 0 Å². The summed E-state index contributed by atoms with van der Waals surface area (Å²) in [5.74, 6) is -0.861. The Balaban J connectivity index is 2.16. The summed E-state index contributed by atoms with van der Waals surface area (Å²) in [6.07, 6.45) is 5.14. The Kier molecular flexibility index (Phi) is 3.67. The molecule has 1 N–H and O–H groups in total. The molecule has 0 spiro atoms. The highest BCUT2D eigenvalue weighted by atomic mass is 16.4. The van der Waals surface area contributed by atoms with E-state index >= 15 is 0 Å². The molecule has 1 aliphatic carbocycles. The van der Waals surface area contributed by atoms with Gasteiger partial charge < -0.3 is 10.0 Å². The Morgan fingerprint density at radius 3 is 2.35 bits per heavy atom. The van der Waals surface area contributed by atoms with Crippen LogP contribution in [0.4, 0.5) is 5.69 Å². The molecule has 0 bridgehead atoms. The number of anilines is 1. The zero-order valence-corrected chi connectivity index (χ0v) is 10.2. The minimum absolute atomic E-state index is 0.358. The van der Waals surface area contributed by atoms with Gasteiger partial charge in [-0.2, -0.15) is 0 Å². The van der Waals surface area contributed by atoms with Crippen LogP contribution in [0.5, 0.6) is 0 Å². The average molecular weight is 233 g/mol. The number of aromatic carboxylic acids is 1. The Hall–Kier alpha value is -1.51. The SMILES string of the molecule is CCN(c1ccc(C(=O)O)cc1)C1CCCC1. The maximum absolute atomic E-state index is 10.8. The minimum Gasteiger partial charge on any atom is -0.478 e. The molecule has 0 unspecified atom stereocenters. The summed E-state index contributed by atoms with van der Waals surface area (Å²) in [7, 11) is 0. The molecule has 1 aromatic rings. The van der Waals surface area contributed by atoms with E-state index in [9.17, 15) is 4.79 Å². The van der Waals surface area contributed by atoms with E-state index in [0.717, 1.165) is 12.2 Å². The van der Waals surface area contributed by atoms with Crippen LogP contribution < -0.4 is 4.90 Å². The molecule has 3 nitrogen and oxygen atoms in total. The Bertz CT molecular complexity index is 380. The first-order chi connectivity index (χ1) is 8.22. The lowest BCUT2D eigenvalue weighted by Crippen LogP contribution is -2.32. The fourth-order valence-corrected chi connectivity index (χ4v) is 2.66. The number of carboxylic acid groups (broad SMARTS) is 1. The maximum Gasteiger partial charge on any atom is 0.335 e. The summed E-state index contributed by atoms with van der Waals surface area (Å²) in [6, 6.07) is 7.86. The van der Waals surface area contributed by atoms with E-state index in [1.54, 1.807) is 12.1 Å². The molecule has 1 aliphatic rings. The van der Waals surface area contributed by atoms with Gasteiger partial charge in [-0.25, -0.2) is 4.79 Å². The lowest BCUT2D eigenvalue weighted by atomic mass is 10.1. The molecule has 1 fully saturated rings. The van der Waals surface area contributed by atoms with Gasteiger partial charge in [-0.1, -0.05) is 12.8 Å². The van der Waals surface area contributed by atoms with Crippen molar-refractivity contribution in [3.63, 3.8) is 0 Å². The number of hydrogen-bond donors (Lipinski definition) is 1. The van der Waals surface area contributed by atoms with Crippen molar-refractivity contribution in [3.05, 3.63) is 29.8 Å². The van der Waals surface area contributed by atoms with E-state index in [2.05, 4.69) is 11.8 Å². The summed E-state index contributed by atoms with van der Waals surface area (Å²) in [4.78, 5) is 13.2. The second-order valence-electron chi connectivity index (χ2n) is 4.58. The van der Waals surface area contributed by atoms with Crippen LogP contribution >= 0.6 is 0 Å². The summed E-state index contributed by atoms with van der Waals surface area (Å²) in [6.45, 7) is 3.14. The Morgan fingerprint density at radius 1 is 1.29 bits per heavy atom. The van der Waals surface area contributed by atoms with Crippen LogP contribution in [0.2, 0.25) is 0 Å². The molecule has 0 atom stereocenters. The third-order valence-electron chi connectivity index (χ3n) is 3.55. The van der Waals surface area contributed by atoms with Crippen molar-refractivity contribution >= 4 is 11.7 Å². The van der Waals surface area contributed by atoms with E-state index in [0.29, 0.717) is 11.6 Å². The van der Waals surface area contributed by atoms with Crippen molar-refractivity contribution in [1.82, 2.24) is 0 Å². The molecule has 17 heavy (non-hydrogen) atoms. The number of hydrogen-bond acceptors (Lipinski definition) is 2. The number of rotatable bonds is 4.